The fourth-order valence-corrected chi connectivity index (χ4v) is 7.02. The standard InChI is InChI=1S/C26H33N5O3/c27-25(32)21-15-28-20(9-16-1-2-23(29-14-16)31-3-5-34-6-4-31)10-22(21)30-24-18-7-17-8-19(24)13-26(33,11-17)12-18/h1-2,10,14-15,17-19,24,33H,3-9,11-13H2,(H2,27,32)(H,28,30)/t17?,18-,19+,24?,26?. The van der Waals surface area contributed by atoms with Crippen LogP contribution in [-0.2, 0) is 11.2 Å². The molecule has 0 spiro atoms. The van der Waals surface area contributed by atoms with Crippen molar-refractivity contribution >= 4 is 17.4 Å². The average molecular weight is 464 g/mol. The molecule has 4 saturated carbocycles. The summed E-state index contributed by atoms with van der Waals surface area (Å²) in [7, 11) is 0. The number of morpholine rings is 1. The van der Waals surface area contributed by atoms with Crippen molar-refractivity contribution in [2.24, 2.45) is 23.5 Å². The molecule has 1 amide bonds. The quantitative estimate of drug-likeness (QED) is 0.603. The molecule has 4 aliphatic carbocycles. The van der Waals surface area contributed by atoms with Crippen molar-refractivity contribution in [2.75, 3.05) is 36.5 Å². The van der Waals surface area contributed by atoms with Gasteiger partial charge in [0.2, 0.25) is 0 Å². The number of amides is 1. The Morgan fingerprint density at radius 2 is 1.91 bits per heavy atom. The summed E-state index contributed by atoms with van der Waals surface area (Å²) in [6.45, 7) is 3.19. The van der Waals surface area contributed by atoms with Crippen LogP contribution in [0.5, 0.6) is 0 Å². The van der Waals surface area contributed by atoms with Crippen LogP contribution >= 0.6 is 0 Å². The van der Waals surface area contributed by atoms with Crippen LogP contribution in [0.4, 0.5) is 11.5 Å². The number of hydrogen-bond acceptors (Lipinski definition) is 7. The summed E-state index contributed by atoms with van der Waals surface area (Å²) in [5, 5.41) is 14.6. The van der Waals surface area contributed by atoms with Gasteiger partial charge in [-0.15, -0.1) is 0 Å². The third-order valence-corrected chi connectivity index (χ3v) is 8.32. The normalized spacial score (nSPS) is 32.1. The lowest BCUT2D eigenvalue weighted by atomic mass is 9.52. The van der Waals surface area contributed by atoms with Gasteiger partial charge < -0.3 is 25.8 Å². The number of aliphatic hydroxyl groups is 1. The summed E-state index contributed by atoms with van der Waals surface area (Å²) < 4.78 is 5.42. The van der Waals surface area contributed by atoms with Gasteiger partial charge in [0, 0.05) is 43.6 Å². The van der Waals surface area contributed by atoms with E-state index in [1.807, 2.05) is 12.3 Å². The molecule has 5 fully saturated rings. The zero-order valence-electron chi connectivity index (χ0n) is 19.4. The van der Waals surface area contributed by atoms with E-state index >= 15 is 0 Å². The number of primary amides is 1. The molecule has 2 aromatic heterocycles. The zero-order valence-corrected chi connectivity index (χ0v) is 19.4. The van der Waals surface area contributed by atoms with Crippen LogP contribution in [0, 0.1) is 17.8 Å². The van der Waals surface area contributed by atoms with Crippen molar-refractivity contribution in [1.82, 2.24) is 9.97 Å². The van der Waals surface area contributed by atoms with Crippen molar-refractivity contribution < 1.29 is 14.6 Å². The highest BCUT2D eigenvalue weighted by atomic mass is 16.5. The van der Waals surface area contributed by atoms with Crippen LogP contribution in [0.2, 0.25) is 0 Å². The lowest BCUT2D eigenvalue weighted by Crippen LogP contribution is -2.59. The zero-order chi connectivity index (χ0) is 23.3. The van der Waals surface area contributed by atoms with Gasteiger partial charge in [0.1, 0.15) is 5.82 Å². The fourth-order valence-electron chi connectivity index (χ4n) is 7.02. The van der Waals surface area contributed by atoms with Gasteiger partial charge in [0.05, 0.1) is 30.1 Å². The minimum absolute atomic E-state index is 0.264. The maximum absolute atomic E-state index is 12.2. The maximum Gasteiger partial charge on any atom is 0.252 e. The third-order valence-electron chi connectivity index (χ3n) is 8.32. The molecule has 180 valence electrons. The van der Waals surface area contributed by atoms with E-state index in [0.717, 1.165) is 81.2 Å². The van der Waals surface area contributed by atoms with Crippen LogP contribution in [0.3, 0.4) is 0 Å². The molecule has 34 heavy (non-hydrogen) atoms. The summed E-state index contributed by atoms with van der Waals surface area (Å²) in [4.78, 5) is 23.6. The minimum atomic E-state index is -0.481. The predicted octanol–water partition coefficient (Wildman–Crippen LogP) is 2.35. The Kier molecular flexibility index (Phi) is 5.45. The Morgan fingerprint density at radius 3 is 2.56 bits per heavy atom. The molecule has 7 rings (SSSR count). The van der Waals surface area contributed by atoms with Crippen molar-refractivity contribution in [2.45, 2.75) is 50.2 Å². The second-order valence-corrected chi connectivity index (χ2v) is 10.8. The SMILES string of the molecule is NC(=O)c1cnc(Cc2ccc(N3CCOCC3)nc2)cc1NC1[C@@H]2CC3C[C@H]1CC(O)(C3)C2. The number of ether oxygens (including phenoxy) is 1. The van der Waals surface area contributed by atoms with Gasteiger partial charge in [-0.1, -0.05) is 6.07 Å². The molecule has 1 saturated heterocycles. The number of nitrogens with two attached hydrogens (primary N) is 1. The van der Waals surface area contributed by atoms with E-state index in [0.29, 0.717) is 29.7 Å². The second-order valence-electron chi connectivity index (χ2n) is 10.8. The third kappa shape index (κ3) is 4.14. The van der Waals surface area contributed by atoms with E-state index in [9.17, 15) is 9.90 Å². The van der Waals surface area contributed by atoms with Gasteiger partial charge >= 0.3 is 0 Å². The van der Waals surface area contributed by atoms with Crippen LogP contribution in [-0.4, -0.2) is 58.9 Å². The van der Waals surface area contributed by atoms with Gasteiger partial charge in [-0.3, -0.25) is 9.78 Å². The topological polar surface area (TPSA) is 114 Å². The van der Waals surface area contributed by atoms with E-state index < -0.39 is 11.5 Å². The van der Waals surface area contributed by atoms with E-state index in [1.54, 1.807) is 6.20 Å². The summed E-state index contributed by atoms with van der Waals surface area (Å²) in [6, 6.07) is 6.37. The first-order valence-electron chi connectivity index (χ1n) is 12.5. The molecule has 8 heteroatoms. The molecule has 3 heterocycles. The Hall–Kier alpha value is -2.71. The molecule has 3 unspecified atom stereocenters. The van der Waals surface area contributed by atoms with Crippen molar-refractivity contribution in [3.63, 3.8) is 0 Å². The second kappa shape index (κ2) is 8.50. The molecule has 1 aliphatic heterocycles. The van der Waals surface area contributed by atoms with Gasteiger partial charge in [-0.05, 0) is 67.6 Å². The van der Waals surface area contributed by atoms with Gasteiger partial charge in [-0.25, -0.2) is 4.98 Å². The van der Waals surface area contributed by atoms with Crippen LogP contribution in [0.1, 0.15) is 53.7 Å². The summed E-state index contributed by atoms with van der Waals surface area (Å²) >= 11 is 0. The number of hydrogen-bond donors (Lipinski definition) is 3. The van der Waals surface area contributed by atoms with Crippen LogP contribution < -0.4 is 16.0 Å². The highest BCUT2D eigenvalue weighted by Crippen LogP contribution is 2.56. The van der Waals surface area contributed by atoms with E-state index in [-0.39, 0.29) is 6.04 Å². The maximum atomic E-state index is 12.2. The summed E-state index contributed by atoms with van der Waals surface area (Å²) in [5.74, 6) is 2.00. The largest absolute Gasteiger partial charge is 0.390 e. The van der Waals surface area contributed by atoms with Crippen LogP contribution in [0.25, 0.3) is 0 Å². The number of pyridine rings is 2. The molecule has 5 atom stereocenters. The summed E-state index contributed by atoms with van der Waals surface area (Å²) in [5.41, 5.74) is 8.34. The van der Waals surface area contributed by atoms with E-state index in [1.165, 1.54) is 0 Å². The number of aromatic nitrogens is 2. The highest BCUT2D eigenvalue weighted by Gasteiger charge is 2.54. The molecule has 5 aliphatic rings. The number of anilines is 2. The minimum Gasteiger partial charge on any atom is -0.390 e. The van der Waals surface area contributed by atoms with Gasteiger partial charge in [0.15, 0.2) is 0 Å². The van der Waals surface area contributed by atoms with E-state index in [4.69, 9.17) is 10.5 Å². The number of carbonyl (C=O) groups excluding carboxylic acids is 1. The Morgan fingerprint density at radius 1 is 1.15 bits per heavy atom. The Bertz CT molecular complexity index is 1050. The number of nitrogens with zero attached hydrogens (tertiary/aromatic N) is 3. The molecule has 4 N–H and O–H groups in total. The lowest BCUT2D eigenvalue weighted by Gasteiger charge is -2.58. The fraction of sp³-hybridized carbons (Fsp3) is 0.577. The molecule has 0 aromatic carbocycles. The monoisotopic (exact) mass is 463 g/mol. The van der Waals surface area contributed by atoms with Crippen molar-refractivity contribution in [3.05, 3.63) is 47.4 Å². The van der Waals surface area contributed by atoms with Gasteiger partial charge in [-0.2, -0.15) is 0 Å². The molecular weight excluding hydrogens is 430 g/mol. The average Bonchev–Trinajstić information content (AvgIpc) is 2.81. The first-order chi connectivity index (χ1) is 16.5. The first kappa shape index (κ1) is 21.8. The molecule has 2 aromatic rings. The number of carbonyl (C=O) groups is 1. The van der Waals surface area contributed by atoms with Crippen molar-refractivity contribution in [1.29, 1.82) is 0 Å². The van der Waals surface area contributed by atoms with Crippen molar-refractivity contribution in [3.8, 4) is 0 Å². The Labute approximate surface area is 199 Å². The molecule has 8 nitrogen and oxygen atoms in total. The number of rotatable bonds is 6. The molecular formula is C26H33N5O3. The molecule has 4 bridgehead atoms. The Balaban J connectivity index is 1.20. The van der Waals surface area contributed by atoms with Crippen LogP contribution in [0.15, 0.2) is 30.6 Å². The predicted molar refractivity (Wildman–Crippen MR) is 129 cm³/mol. The summed E-state index contributed by atoms with van der Waals surface area (Å²) in [6.07, 6.45) is 9.09. The smallest absolute Gasteiger partial charge is 0.252 e. The molecule has 0 radical (unpaired) electrons. The first-order valence-corrected chi connectivity index (χ1v) is 12.5. The van der Waals surface area contributed by atoms with Gasteiger partial charge in [0.25, 0.3) is 5.91 Å². The lowest BCUT2D eigenvalue weighted by molar-refractivity contribution is -0.129. The number of nitrogens with one attached hydrogen (secondary N) is 1. The van der Waals surface area contributed by atoms with E-state index in [2.05, 4.69) is 32.3 Å². The highest BCUT2D eigenvalue weighted by molar-refractivity contribution is 5.98.